The molecule has 4 radical (unpaired) electrons. The minimum atomic E-state index is -0.147. The van der Waals surface area contributed by atoms with Gasteiger partial charge < -0.3 is 0 Å². The Balaban J connectivity index is 0.00000112. The Bertz CT molecular complexity index is 384. The van der Waals surface area contributed by atoms with Gasteiger partial charge >= 0.3 is 0 Å². The van der Waals surface area contributed by atoms with Crippen LogP contribution in [-0.4, -0.2) is 15.8 Å². The van der Waals surface area contributed by atoms with Crippen molar-refractivity contribution in [2.75, 3.05) is 0 Å². The van der Waals surface area contributed by atoms with Crippen molar-refractivity contribution < 1.29 is 4.79 Å². The third-order valence-corrected chi connectivity index (χ3v) is 1.80. The summed E-state index contributed by atoms with van der Waals surface area (Å²) in [4.78, 5) is 19.7. The van der Waals surface area contributed by atoms with E-state index >= 15 is 0 Å². The molecular formula is C12H8N2O. The molecule has 3 heteroatoms. The highest BCUT2D eigenvalue weighted by Crippen LogP contribution is 2.03. The van der Waals surface area contributed by atoms with Crippen molar-refractivity contribution in [2.45, 2.75) is 0 Å². The number of nitrogens with zero attached hydrogens (tertiary/aromatic N) is 2. The molecule has 0 aliphatic carbocycles. The van der Waals surface area contributed by atoms with Crippen LogP contribution in [0, 0.1) is 7.43 Å². The molecule has 0 amide bonds. The van der Waals surface area contributed by atoms with Crippen LogP contribution in [-0.2, 0) is 0 Å². The van der Waals surface area contributed by atoms with Crippen LogP contribution in [0.2, 0.25) is 0 Å². The number of carbonyl (C=O) groups is 1. The third kappa shape index (κ3) is 2.47. The number of pyridine rings is 2. The molecule has 0 aromatic carbocycles. The minimum Gasteiger partial charge on any atom is -0.285 e. The van der Waals surface area contributed by atoms with Crippen LogP contribution >= 0.6 is 0 Å². The summed E-state index contributed by atoms with van der Waals surface area (Å²) in [6.07, 6.45) is 3.19. The quantitative estimate of drug-likeness (QED) is 0.688. The second kappa shape index (κ2) is 5.00. The molecule has 0 saturated carbocycles. The van der Waals surface area contributed by atoms with E-state index < -0.39 is 0 Å². The fraction of sp³-hybridized carbons (Fsp3) is 0. The van der Waals surface area contributed by atoms with Crippen LogP contribution < -0.4 is 0 Å². The molecule has 2 aromatic rings. The normalized spacial score (nSPS) is 9.07. The summed E-state index contributed by atoms with van der Waals surface area (Å²) in [5.41, 5.74) is 0.845. The molecule has 0 aliphatic heterocycles. The van der Waals surface area contributed by atoms with E-state index in [1.165, 1.54) is 0 Å². The summed E-state index contributed by atoms with van der Waals surface area (Å²) >= 11 is 0. The van der Waals surface area contributed by atoms with Crippen molar-refractivity contribution in [3.63, 3.8) is 0 Å². The van der Waals surface area contributed by atoms with Gasteiger partial charge in [0.1, 0.15) is 11.4 Å². The van der Waals surface area contributed by atoms with Crippen molar-refractivity contribution >= 4 is 5.78 Å². The van der Waals surface area contributed by atoms with Crippen LogP contribution in [0.3, 0.4) is 0 Å². The molecule has 0 N–H and O–H groups in total. The first-order valence-corrected chi connectivity index (χ1v) is 4.25. The van der Waals surface area contributed by atoms with Gasteiger partial charge in [-0.2, -0.15) is 0 Å². The van der Waals surface area contributed by atoms with E-state index in [1.807, 2.05) is 0 Å². The van der Waals surface area contributed by atoms with Crippen molar-refractivity contribution in [1.29, 1.82) is 0 Å². The van der Waals surface area contributed by atoms with E-state index in [9.17, 15) is 4.79 Å². The van der Waals surface area contributed by atoms with E-state index in [0.29, 0.717) is 11.4 Å². The van der Waals surface area contributed by atoms with E-state index in [4.69, 9.17) is 0 Å². The lowest BCUT2D eigenvalue weighted by Gasteiger charge is -1.97. The molecule has 72 valence electrons. The summed E-state index contributed by atoms with van der Waals surface area (Å²) in [5.74, 6) is -0.147. The van der Waals surface area contributed by atoms with Gasteiger partial charge in [0.05, 0.1) is 0 Å². The summed E-state index contributed by atoms with van der Waals surface area (Å²) in [6.45, 7) is 0. The Labute approximate surface area is 88.8 Å². The first kappa shape index (κ1) is 11.0. The highest BCUT2D eigenvalue weighted by Gasteiger charge is 2.09. The zero-order chi connectivity index (χ0) is 9.80. The Morgan fingerprint density at radius 2 is 1.33 bits per heavy atom. The highest BCUT2D eigenvalue weighted by atomic mass is 16.1. The van der Waals surface area contributed by atoms with E-state index in [2.05, 4.69) is 9.97 Å². The molecule has 3 nitrogen and oxygen atoms in total. The Kier molecular flexibility index (Phi) is 3.68. The SMILES string of the molecule is O=C(c1ccccn1)c1ccccn1.[C]. The van der Waals surface area contributed by atoms with Crippen LogP contribution in [0.5, 0.6) is 0 Å². The molecule has 0 bridgehead atoms. The molecule has 2 rings (SSSR count). The van der Waals surface area contributed by atoms with Gasteiger partial charge in [-0.1, -0.05) is 12.1 Å². The number of ketones is 1. The zero-order valence-corrected chi connectivity index (χ0v) is 7.92. The second-order valence-electron chi connectivity index (χ2n) is 2.76. The summed E-state index contributed by atoms with van der Waals surface area (Å²) in [6, 6.07) is 10.5. The van der Waals surface area contributed by atoms with Gasteiger partial charge in [-0.15, -0.1) is 0 Å². The molecule has 0 aliphatic rings. The molecular weight excluding hydrogens is 188 g/mol. The summed E-state index contributed by atoms with van der Waals surface area (Å²) in [5, 5.41) is 0. The average Bonchev–Trinajstić information content (AvgIpc) is 2.30. The Morgan fingerprint density at radius 1 is 0.867 bits per heavy atom. The lowest BCUT2D eigenvalue weighted by atomic mass is 10.2. The van der Waals surface area contributed by atoms with Crippen LogP contribution in [0.1, 0.15) is 16.2 Å². The van der Waals surface area contributed by atoms with Crippen molar-refractivity contribution in [1.82, 2.24) is 9.97 Å². The minimum absolute atomic E-state index is 0. The maximum Gasteiger partial charge on any atom is 0.229 e. The molecule has 0 atom stereocenters. The number of carbonyl (C=O) groups excluding carboxylic acids is 1. The lowest BCUT2D eigenvalue weighted by Crippen LogP contribution is -2.05. The molecule has 0 unspecified atom stereocenters. The topological polar surface area (TPSA) is 42.9 Å². The van der Waals surface area contributed by atoms with E-state index in [0.717, 1.165) is 0 Å². The van der Waals surface area contributed by atoms with Crippen molar-refractivity contribution in [3.8, 4) is 0 Å². The Hall–Kier alpha value is -2.03. The van der Waals surface area contributed by atoms with Gasteiger partial charge in [0.2, 0.25) is 5.78 Å². The monoisotopic (exact) mass is 196 g/mol. The highest BCUT2D eigenvalue weighted by molar-refractivity contribution is 6.06. The summed E-state index contributed by atoms with van der Waals surface area (Å²) in [7, 11) is 0. The number of hydrogen-bond acceptors (Lipinski definition) is 3. The number of rotatable bonds is 2. The van der Waals surface area contributed by atoms with Gasteiger partial charge in [0, 0.05) is 19.8 Å². The molecule has 15 heavy (non-hydrogen) atoms. The van der Waals surface area contributed by atoms with Crippen LogP contribution in [0.25, 0.3) is 0 Å². The molecule has 0 saturated heterocycles. The van der Waals surface area contributed by atoms with Crippen LogP contribution in [0.15, 0.2) is 48.8 Å². The molecule has 0 fully saturated rings. The van der Waals surface area contributed by atoms with Gasteiger partial charge in [-0.05, 0) is 24.3 Å². The standard InChI is InChI=1S/C11H8N2O.C/c14-11(9-5-1-3-7-12-9)10-6-2-4-8-13-10;/h1-8H;. The summed E-state index contributed by atoms with van der Waals surface area (Å²) < 4.78 is 0. The fourth-order valence-electron chi connectivity index (χ4n) is 1.13. The largest absolute Gasteiger partial charge is 0.285 e. The Morgan fingerprint density at radius 3 is 1.67 bits per heavy atom. The van der Waals surface area contributed by atoms with E-state index in [-0.39, 0.29) is 13.2 Å². The van der Waals surface area contributed by atoms with Crippen LogP contribution in [0.4, 0.5) is 0 Å². The van der Waals surface area contributed by atoms with Gasteiger partial charge in [0.25, 0.3) is 0 Å². The van der Waals surface area contributed by atoms with E-state index in [1.54, 1.807) is 48.8 Å². The first-order chi connectivity index (χ1) is 6.88. The van der Waals surface area contributed by atoms with Gasteiger partial charge in [-0.25, -0.2) is 0 Å². The lowest BCUT2D eigenvalue weighted by molar-refractivity contribution is 0.103. The third-order valence-electron chi connectivity index (χ3n) is 1.80. The van der Waals surface area contributed by atoms with Crippen molar-refractivity contribution in [2.24, 2.45) is 0 Å². The first-order valence-electron chi connectivity index (χ1n) is 4.25. The molecule has 2 heterocycles. The van der Waals surface area contributed by atoms with Crippen molar-refractivity contribution in [3.05, 3.63) is 67.6 Å². The van der Waals surface area contributed by atoms with Gasteiger partial charge in [0.15, 0.2) is 0 Å². The smallest absolute Gasteiger partial charge is 0.229 e. The predicted octanol–water partition coefficient (Wildman–Crippen LogP) is 1.79. The fourth-order valence-corrected chi connectivity index (χ4v) is 1.13. The van der Waals surface area contributed by atoms with Gasteiger partial charge in [-0.3, -0.25) is 14.8 Å². The molecule has 0 spiro atoms. The second-order valence-corrected chi connectivity index (χ2v) is 2.76. The predicted molar refractivity (Wildman–Crippen MR) is 55.1 cm³/mol. The molecule has 2 aromatic heterocycles. The maximum atomic E-state index is 11.7. The zero-order valence-electron chi connectivity index (χ0n) is 7.92. The number of hydrogen-bond donors (Lipinski definition) is 0. The number of aromatic nitrogens is 2. The maximum absolute atomic E-state index is 11.7. The average molecular weight is 196 g/mol.